The van der Waals surface area contributed by atoms with Gasteiger partial charge in [-0.2, -0.15) is 0 Å². The molecule has 2 rings (SSSR count). The van der Waals surface area contributed by atoms with Crippen molar-refractivity contribution in [3.8, 4) is 0 Å². The number of piperidine rings is 1. The molecule has 1 saturated heterocycles. The summed E-state index contributed by atoms with van der Waals surface area (Å²) in [5.41, 5.74) is 7.19. The van der Waals surface area contributed by atoms with Crippen LogP contribution in [0.5, 0.6) is 0 Å². The van der Waals surface area contributed by atoms with Gasteiger partial charge in [0, 0.05) is 25.0 Å². The predicted molar refractivity (Wildman–Crippen MR) is 89.1 cm³/mol. The Balaban J connectivity index is 2.03. The van der Waals surface area contributed by atoms with Gasteiger partial charge in [-0.1, -0.05) is 42.5 Å². The van der Waals surface area contributed by atoms with Gasteiger partial charge in [0.2, 0.25) is 0 Å². The maximum absolute atomic E-state index is 5.97. The Kier molecular flexibility index (Phi) is 5.52. The van der Waals surface area contributed by atoms with Crippen LogP contribution in [0.25, 0.3) is 0 Å². The first-order chi connectivity index (χ1) is 9.58. The zero-order valence-electron chi connectivity index (χ0n) is 12.5. The molecule has 0 bridgehead atoms. The summed E-state index contributed by atoms with van der Waals surface area (Å²) in [4.78, 5) is 5.42. The smallest absolute Gasteiger partial charge is 0.0816 e. The van der Waals surface area contributed by atoms with E-state index in [-0.39, 0.29) is 5.92 Å². The van der Waals surface area contributed by atoms with E-state index >= 15 is 0 Å². The first-order valence-electron chi connectivity index (χ1n) is 7.31. The normalized spacial score (nSPS) is 21.9. The van der Waals surface area contributed by atoms with E-state index in [4.69, 9.17) is 18.0 Å². The van der Waals surface area contributed by atoms with Gasteiger partial charge in [-0.3, -0.25) is 0 Å². The Morgan fingerprint density at radius 1 is 1.45 bits per heavy atom. The highest BCUT2D eigenvalue weighted by Gasteiger charge is 2.24. The van der Waals surface area contributed by atoms with Gasteiger partial charge in [0.1, 0.15) is 0 Å². The van der Waals surface area contributed by atoms with Crippen LogP contribution in [0.15, 0.2) is 30.3 Å². The molecule has 1 aliphatic rings. The molecular formula is C16H25N3S. The van der Waals surface area contributed by atoms with Crippen molar-refractivity contribution < 1.29 is 0 Å². The Morgan fingerprint density at radius 3 is 2.75 bits per heavy atom. The van der Waals surface area contributed by atoms with Crippen molar-refractivity contribution in [2.75, 3.05) is 33.7 Å². The minimum Gasteiger partial charge on any atom is -0.393 e. The summed E-state index contributed by atoms with van der Waals surface area (Å²) in [6.07, 6.45) is 2.54. The lowest BCUT2D eigenvalue weighted by Crippen LogP contribution is -2.47. The number of hydrogen-bond acceptors (Lipinski definition) is 3. The maximum atomic E-state index is 5.97. The van der Waals surface area contributed by atoms with Crippen LogP contribution in [0.1, 0.15) is 24.3 Å². The van der Waals surface area contributed by atoms with Gasteiger partial charge in [0.05, 0.1) is 4.99 Å². The average molecular weight is 291 g/mol. The van der Waals surface area contributed by atoms with Crippen LogP contribution in [0, 0.1) is 0 Å². The summed E-state index contributed by atoms with van der Waals surface area (Å²) in [6.45, 7) is 3.24. The summed E-state index contributed by atoms with van der Waals surface area (Å²) in [6, 6.07) is 11.0. The van der Waals surface area contributed by atoms with Gasteiger partial charge in [-0.25, -0.2) is 0 Å². The van der Waals surface area contributed by atoms with Crippen molar-refractivity contribution >= 4 is 17.2 Å². The van der Waals surface area contributed by atoms with Crippen LogP contribution in [-0.4, -0.2) is 54.6 Å². The van der Waals surface area contributed by atoms with E-state index in [2.05, 4.69) is 48.2 Å². The zero-order chi connectivity index (χ0) is 14.5. The Hall–Kier alpha value is -0.970. The molecule has 2 atom stereocenters. The molecule has 3 nitrogen and oxygen atoms in total. The quantitative estimate of drug-likeness (QED) is 0.842. The summed E-state index contributed by atoms with van der Waals surface area (Å²) < 4.78 is 0. The summed E-state index contributed by atoms with van der Waals surface area (Å²) in [7, 11) is 4.39. The molecule has 4 heteroatoms. The molecule has 1 heterocycles. The number of likely N-dealkylation sites (N-methyl/N-ethyl adjacent to an activating group) is 2. The van der Waals surface area contributed by atoms with Crippen molar-refractivity contribution in [3.05, 3.63) is 35.9 Å². The Bertz CT molecular complexity index is 435. The molecule has 0 saturated carbocycles. The first-order valence-corrected chi connectivity index (χ1v) is 7.72. The molecular weight excluding hydrogens is 266 g/mol. The second-order valence-corrected chi connectivity index (χ2v) is 6.33. The molecule has 2 N–H and O–H groups in total. The lowest BCUT2D eigenvalue weighted by molar-refractivity contribution is 0.134. The number of nitrogens with zero attached hydrogens (tertiary/aromatic N) is 2. The SMILES string of the molecule is CN1CCCC(N(C)CC(C(N)=S)c2ccccc2)C1. The van der Waals surface area contributed by atoms with Crippen LogP contribution >= 0.6 is 12.2 Å². The molecule has 1 aliphatic heterocycles. The molecule has 0 aliphatic carbocycles. The van der Waals surface area contributed by atoms with Gasteiger partial charge in [-0.05, 0) is 39.0 Å². The van der Waals surface area contributed by atoms with Crippen molar-refractivity contribution in [1.82, 2.24) is 9.80 Å². The molecule has 0 amide bonds. The van der Waals surface area contributed by atoms with E-state index in [0.29, 0.717) is 11.0 Å². The van der Waals surface area contributed by atoms with Crippen LogP contribution in [0.2, 0.25) is 0 Å². The van der Waals surface area contributed by atoms with E-state index in [1.165, 1.54) is 24.9 Å². The molecule has 0 radical (unpaired) electrons. The summed E-state index contributed by atoms with van der Waals surface area (Å²) in [5, 5.41) is 0. The molecule has 0 aromatic heterocycles. The van der Waals surface area contributed by atoms with Crippen molar-refractivity contribution in [3.63, 3.8) is 0 Å². The van der Waals surface area contributed by atoms with Gasteiger partial charge < -0.3 is 15.5 Å². The van der Waals surface area contributed by atoms with Crippen LogP contribution in [0.4, 0.5) is 0 Å². The second-order valence-electron chi connectivity index (χ2n) is 5.86. The molecule has 0 spiro atoms. The van der Waals surface area contributed by atoms with E-state index in [1.54, 1.807) is 0 Å². The Labute approximate surface area is 127 Å². The van der Waals surface area contributed by atoms with Crippen LogP contribution < -0.4 is 5.73 Å². The highest BCUT2D eigenvalue weighted by molar-refractivity contribution is 7.80. The minimum absolute atomic E-state index is 0.142. The lowest BCUT2D eigenvalue weighted by Gasteiger charge is -2.37. The fraction of sp³-hybridized carbons (Fsp3) is 0.562. The summed E-state index contributed by atoms with van der Waals surface area (Å²) >= 11 is 5.28. The van der Waals surface area contributed by atoms with E-state index in [9.17, 15) is 0 Å². The topological polar surface area (TPSA) is 32.5 Å². The predicted octanol–water partition coefficient (Wildman–Crippen LogP) is 2.08. The standard InChI is InChI=1S/C16H25N3S/c1-18-10-6-9-14(11-18)19(2)12-15(16(17)20)13-7-4-3-5-8-13/h3-5,7-8,14-15H,6,9-12H2,1-2H3,(H2,17,20). The number of nitrogens with two attached hydrogens (primary N) is 1. The highest BCUT2D eigenvalue weighted by Crippen LogP contribution is 2.20. The first kappa shape index (κ1) is 15.4. The third-order valence-electron chi connectivity index (χ3n) is 4.24. The lowest BCUT2D eigenvalue weighted by atomic mass is 9.97. The van der Waals surface area contributed by atoms with Gasteiger partial charge in [-0.15, -0.1) is 0 Å². The van der Waals surface area contributed by atoms with Crippen molar-refractivity contribution in [1.29, 1.82) is 0 Å². The summed E-state index contributed by atoms with van der Waals surface area (Å²) in [5.74, 6) is 0.142. The third kappa shape index (κ3) is 4.01. The maximum Gasteiger partial charge on any atom is 0.0816 e. The number of thiocarbonyl (C=S) groups is 1. The average Bonchev–Trinajstić information content (AvgIpc) is 2.45. The van der Waals surface area contributed by atoms with Gasteiger partial charge in [0.25, 0.3) is 0 Å². The van der Waals surface area contributed by atoms with Gasteiger partial charge >= 0.3 is 0 Å². The number of hydrogen-bond donors (Lipinski definition) is 1. The largest absolute Gasteiger partial charge is 0.393 e. The molecule has 20 heavy (non-hydrogen) atoms. The number of likely N-dealkylation sites (tertiary alicyclic amines) is 1. The molecule has 110 valence electrons. The van der Waals surface area contributed by atoms with Crippen LogP contribution in [-0.2, 0) is 0 Å². The third-order valence-corrected chi connectivity index (χ3v) is 4.52. The van der Waals surface area contributed by atoms with E-state index in [1.807, 2.05) is 6.07 Å². The van der Waals surface area contributed by atoms with E-state index < -0.39 is 0 Å². The molecule has 2 unspecified atom stereocenters. The molecule has 1 fully saturated rings. The Morgan fingerprint density at radius 2 is 2.15 bits per heavy atom. The van der Waals surface area contributed by atoms with Crippen molar-refractivity contribution in [2.24, 2.45) is 5.73 Å². The fourth-order valence-corrected chi connectivity index (χ4v) is 3.19. The monoisotopic (exact) mass is 291 g/mol. The number of benzene rings is 1. The van der Waals surface area contributed by atoms with Gasteiger partial charge in [0.15, 0.2) is 0 Å². The molecule has 1 aromatic carbocycles. The van der Waals surface area contributed by atoms with Crippen LogP contribution in [0.3, 0.4) is 0 Å². The second kappa shape index (κ2) is 7.16. The minimum atomic E-state index is 0.142. The highest BCUT2D eigenvalue weighted by atomic mass is 32.1. The fourth-order valence-electron chi connectivity index (χ4n) is 2.98. The zero-order valence-corrected chi connectivity index (χ0v) is 13.3. The van der Waals surface area contributed by atoms with Crippen molar-refractivity contribution in [2.45, 2.75) is 24.8 Å². The van der Waals surface area contributed by atoms with E-state index in [0.717, 1.165) is 13.1 Å². The molecule has 1 aromatic rings. The number of rotatable bonds is 5.